The Kier molecular flexibility index (Phi) is 3.20. The fourth-order valence-corrected chi connectivity index (χ4v) is 3.70. The third-order valence-corrected chi connectivity index (χ3v) is 5.23. The quantitative estimate of drug-likeness (QED) is 0.769. The van der Waals surface area contributed by atoms with Gasteiger partial charge in [-0.25, -0.2) is 21.9 Å². The van der Waals surface area contributed by atoms with Crippen LogP contribution in [0.4, 0.5) is 8.78 Å². The fourth-order valence-electron chi connectivity index (χ4n) is 2.02. The first kappa shape index (κ1) is 12.2. The van der Waals surface area contributed by atoms with Crippen LogP contribution >= 0.6 is 0 Å². The Morgan fingerprint density at radius 3 is 2.19 bits per heavy atom. The van der Waals surface area contributed by atoms with Gasteiger partial charge in [0.2, 0.25) is 15.9 Å². The first-order valence-electron chi connectivity index (χ1n) is 5.49. The number of hydrogen-bond donors (Lipinski definition) is 2. The van der Waals surface area contributed by atoms with Gasteiger partial charge in [0, 0.05) is 32.0 Å². The van der Waals surface area contributed by atoms with Crippen LogP contribution in [0.15, 0.2) is 0 Å². The van der Waals surface area contributed by atoms with Crippen LogP contribution in [-0.4, -0.2) is 38.7 Å². The Labute approximate surface area is 93.8 Å². The topological polar surface area (TPSA) is 58.2 Å². The van der Waals surface area contributed by atoms with Crippen molar-refractivity contribution in [2.24, 2.45) is 0 Å². The van der Waals surface area contributed by atoms with Crippen LogP contribution in [0, 0.1) is 0 Å². The Bertz CT molecular complexity index is 345. The molecule has 0 aromatic heterocycles. The number of alkyl halides is 2. The first-order chi connectivity index (χ1) is 7.39. The lowest BCUT2D eigenvalue weighted by molar-refractivity contribution is -0.0329. The maximum atomic E-state index is 12.9. The van der Waals surface area contributed by atoms with Crippen molar-refractivity contribution in [3.05, 3.63) is 0 Å². The molecule has 16 heavy (non-hydrogen) atoms. The molecule has 0 atom stereocenters. The highest BCUT2D eigenvalue weighted by Crippen LogP contribution is 2.35. The SMILES string of the molecule is O=S(=O)(NC1CNC1)C1CCC(F)(F)CC1. The van der Waals surface area contributed by atoms with Crippen molar-refractivity contribution < 1.29 is 17.2 Å². The number of hydrogen-bond acceptors (Lipinski definition) is 3. The van der Waals surface area contributed by atoms with E-state index in [2.05, 4.69) is 10.0 Å². The molecule has 0 bridgehead atoms. The summed E-state index contributed by atoms with van der Waals surface area (Å²) in [6, 6.07) is -0.0626. The normalized spacial score (nSPS) is 27.6. The number of rotatable bonds is 3. The summed E-state index contributed by atoms with van der Waals surface area (Å²) in [5.41, 5.74) is 0. The van der Waals surface area contributed by atoms with E-state index >= 15 is 0 Å². The molecule has 0 radical (unpaired) electrons. The predicted molar refractivity (Wildman–Crippen MR) is 55.9 cm³/mol. The summed E-state index contributed by atoms with van der Waals surface area (Å²) in [6.45, 7) is 1.25. The van der Waals surface area contributed by atoms with Gasteiger partial charge >= 0.3 is 0 Å². The van der Waals surface area contributed by atoms with Crippen molar-refractivity contribution in [1.82, 2.24) is 10.0 Å². The molecule has 0 aromatic rings. The van der Waals surface area contributed by atoms with E-state index in [0.717, 1.165) is 0 Å². The highest BCUT2D eigenvalue weighted by atomic mass is 32.2. The molecule has 1 aliphatic carbocycles. The van der Waals surface area contributed by atoms with E-state index in [1.54, 1.807) is 0 Å². The van der Waals surface area contributed by atoms with Crippen LogP contribution < -0.4 is 10.0 Å². The molecular formula is C9H16F2N2O2S. The molecule has 1 saturated heterocycles. The van der Waals surface area contributed by atoms with Gasteiger partial charge in [0.15, 0.2) is 0 Å². The Hall–Kier alpha value is -0.270. The summed E-state index contributed by atoms with van der Waals surface area (Å²) < 4.78 is 51.9. The van der Waals surface area contributed by atoms with Gasteiger partial charge in [-0.2, -0.15) is 0 Å². The van der Waals surface area contributed by atoms with Gasteiger partial charge in [-0.05, 0) is 12.8 Å². The molecule has 1 heterocycles. The Morgan fingerprint density at radius 1 is 1.19 bits per heavy atom. The summed E-state index contributed by atoms with van der Waals surface area (Å²) in [4.78, 5) is 0. The van der Waals surface area contributed by atoms with Crippen molar-refractivity contribution >= 4 is 10.0 Å². The third kappa shape index (κ3) is 2.70. The Morgan fingerprint density at radius 2 is 1.75 bits per heavy atom. The minimum absolute atomic E-state index is 0.0580. The average molecular weight is 254 g/mol. The molecule has 2 aliphatic rings. The minimum Gasteiger partial charge on any atom is -0.313 e. The monoisotopic (exact) mass is 254 g/mol. The van der Waals surface area contributed by atoms with Gasteiger partial charge in [-0.15, -0.1) is 0 Å². The van der Waals surface area contributed by atoms with Crippen molar-refractivity contribution in [2.45, 2.75) is 42.9 Å². The lowest BCUT2D eigenvalue weighted by atomic mass is 9.96. The number of sulfonamides is 1. The van der Waals surface area contributed by atoms with Crippen molar-refractivity contribution in [2.75, 3.05) is 13.1 Å². The first-order valence-corrected chi connectivity index (χ1v) is 7.03. The molecule has 2 fully saturated rings. The van der Waals surface area contributed by atoms with E-state index in [9.17, 15) is 17.2 Å². The molecule has 0 amide bonds. The highest BCUT2D eigenvalue weighted by Gasteiger charge is 2.40. The standard InChI is InChI=1S/C9H16F2N2O2S/c10-9(11)3-1-8(2-4-9)16(14,15)13-7-5-12-6-7/h7-8,12-13H,1-6H2. The molecule has 4 nitrogen and oxygen atoms in total. The van der Waals surface area contributed by atoms with E-state index < -0.39 is 21.2 Å². The Balaban J connectivity index is 1.91. The maximum Gasteiger partial charge on any atom is 0.248 e. The van der Waals surface area contributed by atoms with Gasteiger partial charge in [0.25, 0.3) is 0 Å². The van der Waals surface area contributed by atoms with Gasteiger partial charge in [0.1, 0.15) is 0 Å². The zero-order chi connectivity index (χ0) is 11.8. The molecule has 1 aliphatic heterocycles. The third-order valence-electron chi connectivity index (χ3n) is 3.22. The van der Waals surface area contributed by atoms with Crippen molar-refractivity contribution in [3.63, 3.8) is 0 Å². The molecule has 0 aromatic carbocycles. The van der Waals surface area contributed by atoms with E-state index in [4.69, 9.17) is 0 Å². The smallest absolute Gasteiger partial charge is 0.248 e. The van der Waals surface area contributed by atoms with E-state index in [0.29, 0.717) is 13.1 Å². The van der Waals surface area contributed by atoms with Crippen molar-refractivity contribution in [3.8, 4) is 0 Å². The number of nitrogens with one attached hydrogen (secondary N) is 2. The summed E-state index contributed by atoms with van der Waals surface area (Å²) in [5, 5.41) is 2.31. The average Bonchev–Trinajstić information content (AvgIpc) is 2.11. The largest absolute Gasteiger partial charge is 0.313 e. The van der Waals surface area contributed by atoms with Crippen LogP contribution in [0.3, 0.4) is 0 Å². The second kappa shape index (κ2) is 4.19. The molecule has 94 valence electrons. The number of halogens is 2. The summed E-state index contributed by atoms with van der Waals surface area (Å²) in [7, 11) is -3.42. The van der Waals surface area contributed by atoms with Gasteiger partial charge in [-0.1, -0.05) is 0 Å². The summed E-state index contributed by atoms with van der Waals surface area (Å²) in [6.07, 6.45) is -0.520. The molecule has 7 heteroatoms. The van der Waals surface area contributed by atoms with Crippen LogP contribution in [0.1, 0.15) is 25.7 Å². The van der Waals surface area contributed by atoms with Gasteiger partial charge in [0.05, 0.1) is 5.25 Å². The van der Waals surface area contributed by atoms with Gasteiger partial charge < -0.3 is 5.32 Å². The van der Waals surface area contributed by atoms with E-state index in [1.165, 1.54) is 0 Å². The maximum absolute atomic E-state index is 12.9. The van der Waals surface area contributed by atoms with Crippen LogP contribution in [0.2, 0.25) is 0 Å². The summed E-state index contributed by atoms with van der Waals surface area (Å²) >= 11 is 0. The van der Waals surface area contributed by atoms with E-state index in [-0.39, 0.29) is 31.7 Å². The lowest BCUT2D eigenvalue weighted by Crippen LogP contribution is -2.58. The fraction of sp³-hybridized carbons (Fsp3) is 1.00. The van der Waals surface area contributed by atoms with Crippen molar-refractivity contribution in [1.29, 1.82) is 0 Å². The van der Waals surface area contributed by atoms with E-state index in [1.807, 2.05) is 0 Å². The minimum atomic E-state index is -3.42. The molecule has 2 rings (SSSR count). The second-order valence-electron chi connectivity index (χ2n) is 4.57. The molecule has 1 saturated carbocycles. The molecule has 0 unspecified atom stereocenters. The highest BCUT2D eigenvalue weighted by molar-refractivity contribution is 7.90. The van der Waals surface area contributed by atoms with Crippen LogP contribution in [0.5, 0.6) is 0 Å². The molecule has 2 N–H and O–H groups in total. The summed E-state index contributed by atoms with van der Waals surface area (Å²) in [5.74, 6) is -2.68. The lowest BCUT2D eigenvalue weighted by Gasteiger charge is -2.32. The predicted octanol–water partition coefficient (Wildman–Crippen LogP) is 0.455. The van der Waals surface area contributed by atoms with Gasteiger partial charge in [-0.3, -0.25) is 0 Å². The van der Waals surface area contributed by atoms with Crippen LogP contribution in [0.25, 0.3) is 0 Å². The zero-order valence-electron chi connectivity index (χ0n) is 8.88. The van der Waals surface area contributed by atoms with Crippen LogP contribution in [-0.2, 0) is 10.0 Å². The molecular weight excluding hydrogens is 238 g/mol. The molecule has 0 spiro atoms. The zero-order valence-corrected chi connectivity index (χ0v) is 9.69. The second-order valence-corrected chi connectivity index (χ2v) is 6.57.